The van der Waals surface area contributed by atoms with Gasteiger partial charge in [-0.3, -0.25) is 9.36 Å². The van der Waals surface area contributed by atoms with Crippen LogP contribution in [0.25, 0.3) is 6.08 Å². The molecule has 1 aromatic heterocycles. The van der Waals surface area contributed by atoms with Crippen LogP contribution in [0, 0.1) is 0 Å². The summed E-state index contributed by atoms with van der Waals surface area (Å²) in [5.41, 5.74) is 2.00. The fourth-order valence-electron chi connectivity index (χ4n) is 4.39. The number of aromatic nitrogens is 1. The second kappa shape index (κ2) is 10.1. The summed E-state index contributed by atoms with van der Waals surface area (Å²) in [7, 11) is 1.58. The van der Waals surface area contributed by atoms with Crippen LogP contribution >= 0.6 is 11.3 Å². The molecule has 0 spiro atoms. The highest BCUT2D eigenvalue weighted by Crippen LogP contribution is 2.38. The van der Waals surface area contributed by atoms with E-state index in [1.807, 2.05) is 25.1 Å². The molecule has 0 aliphatic carbocycles. The minimum atomic E-state index is -0.734. The van der Waals surface area contributed by atoms with Crippen LogP contribution in [0.5, 0.6) is 23.0 Å². The predicted molar refractivity (Wildman–Crippen MR) is 137 cm³/mol. The number of rotatable bonds is 7. The zero-order chi connectivity index (χ0) is 26.1. The second-order valence-corrected chi connectivity index (χ2v) is 9.27. The molecule has 3 aromatic rings. The van der Waals surface area contributed by atoms with Crippen LogP contribution in [-0.4, -0.2) is 37.7 Å². The molecule has 37 heavy (non-hydrogen) atoms. The van der Waals surface area contributed by atoms with Crippen LogP contribution in [0.3, 0.4) is 0 Å². The number of carbonyl (C=O) groups is 1. The van der Waals surface area contributed by atoms with Gasteiger partial charge in [-0.05, 0) is 62.2 Å². The van der Waals surface area contributed by atoms with E-state index in [2.05, 4.69) is 4.99 Å². The number of benzene rings is 2. The van der Waals surface area contributed by atoms with E-state index in [1.165, 1.54) is 11.3 Å². The van der Waals surface area contributed by atoms with Gasteiger partial charge in [0.25, 0.3) is 5.56 Å². The number of allylic oxidation sites excluding steroid dienone is 1. The van der Waals surface area contributed by atoms with Gasteiger partial charge in [-0.1, -0.05) is 23.5 Å². The molecule has 5 rings (SSSR count). The van der Waals surface area contributed by atoms with Crippen molar-refractivity contribution in [2.75, 3.05) is 27.1 Å². The molecule has 192 valence electrons. The lowest BCUT2D eigenvalue weighted by atomic mass is 9.95. The zero-order valence-corrected chi connectivity index (χ0v) is 21.7. The number of esters is 1. The van der Waals surface area contributed by atoms with E-state index in [-0.39, 0.29) is 19.0 Å². The predicted octanol–water partition coefficient (Wildman–Crippen LogP) is 2.93. The molecular formula is C27H26N2O7S. The lowest BCUT2D eigenvalue weighted by molar-refractivity contribution is -0.139. The number of fused-ring (bicyclic) bond motifs is 2. The van der Waals surface area contributed by atoms with E-state index in [4.69, 9.17) is 23.7 Å². The molecule has 0 unspecified atom stereocenters. The highest BCUT2D eigenvalue weighted by atomic mass is 32.1. The Hall–Kier alpha value is -4.05. The molecule has 0 amide bonds. The summed E-state index contributed by atoms with van der Waals surface area (Å²) < 4.78 is 29.4. The Morgan fingerprint density at radius 1 is 1.14 bits per heavy atom. The average molecular weight is 523 g/mol. The largest absolute Gasteiger partial charge is 0.493 e. The molecule has 0 N–H and O–H groups in total. The van der Waals surface area contributed by atoms with E-state index >= 15 is 0 Å². The van der Waals surface area contributed by atoms with Crippen molar-refractivity contribution in [2.24, 2.45) is 4.99 Å². The van der Waals surface area contributed by atoms with Crippen LogP contribution in [0.4, 0.5) is 0 Å². The topological polar surface area (TPSA) is 97.6 Å². The van der Waals surface area contributed by atoms with Gasteiger partial charge in [0.1, 0.15) is 0 Å². The number of carbonyl (C=O) groups excluding carboxylic acids is 1. The fraction of sp³-hybridized carbons (Fsp3) is 0.296. The average Bonchev–Trinajstić information content (AvgIpc) is 3.47. The van der Waals surface area contributed by atoms with E-state index in [0.29, 0.717) is 55.8 Å². The minimum Gasteiger partial charge on any atom is -0.493 e. The molecule has 0 fully saturated rings. The lowest BCUT2D eigenvalue weighted by Crippen LogP contribution is -2.39. The van der Waals surface area contributed by atoms with Gasteiger partial charge in [-0.25, -0.2) is 9.79 Å². The van der Waals surface area contributed by atoms with Crippen molar-refractivity contribution < 1.29 is 28.5 Å². The molecule has 0 saturated carbocycles. The van der Waals surface area contributed by atoms with Gasteiger partial charge in [0.2, 0.25) is 6.79 Å². The second-order valence-electron chi connectivity index (χ2n) is 8.26. The first-order valence-electron chi connectivity index (χ1n) is 11.8. The molecule has 9 nitrogen and oxygen atoms in total. The van der Waals surface area contributed by atoms with Crippen LogP contribution < -0.4 is 33.8 Å². The third-order valence-corrected chi connectivity index (χ3v) is 7.00. The van der Waals surface area contributed by atoms with Gasteiger partial charge < -0.3 is 23.7 Å². The van der Waals surface area contributed by atoms with Crippen LogP contribution in [0.15, 0.2) is 57.5 Å². The molecule has 3 heterocycles. The highest BCUT2D eigenvalue weighted by molar-refractivity contribution is 7.07. The van der Waals surface area contributed by atoms with Crippen LogP contribution in [-0.2, 0) is 9.53 Å². The number of hydrogen-bond donors (Lipinski definition) is 0. The Balaban J connectivity index is 1.68. The first-order valence-corrected chi connectivity index (χ1v) is 12.7. The van der Waals surface area contributed by atoms with E-state index in [0.717, 1.165) is 5.56 Å². The molecule has 2 aliphatic heterocycles. The molecule has 1 atom stereocenters. The van der Waals surface area contributed by atoms with Gasteiger partial charge in [0, 0.05) is 0 Å². The number of hydrogen-bond acceptors (Lipinski definition) is 9. The molecular weight excluding hydrogens is 496 g/mol. The molecule has 0 radical (unpaired) electrons. The Kier molecular flexibility index (Phi) is 6.75. The van der Waals surface area contributed by atoms with Gasteiger partial charge in [0.05, 0.1) is 42.2 Å². The Morgan fingerprint density at radius 2 is 1.95 bits per heavy atom. The smallest absolute Gasteiger partial charge is 0.338 e. The maximum Gasteiger partial charge on any atom is 0.338 e. The van der Waals surface area contributed by atoms with Crippen molar-refractivity contribution >= 4 is 23.4 Å². The Morgan fingerprint density at radius 3 is 2.70 bits per heavy atom. The molecule has 0 bridgehead atoms. The number of thiazole rings is 1. The number of ether oxygens (including phenoxy) is 5. The van der Waals surface area contributed by atoms with Gasteiger partial charge in [-0.2, -0.15) is 0 Å². The monoisotopic (exact) mass is 522 g/mol. The maximum atomic E-state index is 13.8. The van der Waals surface area contributed by atoms with E-state index < -0.39 is 12.0 Å². The summed E-state index contributed by atoms with van der Waals surface area (Å²) in [6.07, 6.45) is 1.78. The standard InChI is InChI=1S/C27H26N2O7S/c1-5-33-20-11-16(7-9-18(20)32-4)12-22-25(30)29-24(17-8-10-19-21(13-17)36-14-35-19)23(26(31)34-6-2)15(3)28-27(29)37-22/h7-13,24H,5-6,14H2,1-4H3/b22-12-/t24-/m1/s1. The van der Waals surface area contributed by atoms with E-state index in [1.54, 1.807) is 49.8 Å². The highest BCUT2D eigenvalue weighted by Gasteiger charge is 2.34. The van der Waals surface area contributed by atoms with Crippen molar-refractivity contribution in [3.8, 4) is 23.0 Å². The van der Waals surface area contributed by atoms with Gasteiger partial charge in [-0.15, -0.1) is 0 Å². The summed E-state index contributed by atoms with van der Waals surface area (Å²) in [6, 6.07) is 10.1. The normalized spacial score (nSPS) is 16.3. The first-order chi connectivity index (χ1) is 17.9. The Bertz CT molecular complexity index is 1580. The zero-order valence-electron chi connectivity index (χ0n) is 20.9. The van der Waals surface area contributed by atoms with Crippen LogP contribution in [0.2, 0.25) is 0 Å². The van der Waals surface area contributed by atoms with Crippen molar-refractivity contribution in [1.29, 1.82) is 0 Å². The quantitative estimate of drug-likeness (QED) is 0.440. The first kappa shape index (κ1) is 24.6. The maximum absolute atomic E-state index is 13.8. The number of methoxy groups -OCH3 is 1. The third-order valence-electron chi connectivity index (χ3n) is 6.01. The molecule has 0 saturated heterocycles. The van der Waals surface area contributed by atoms with Crippen molar-refractivity contribution in [3.63, 3.8) is 0 Å². The summed E-state index contributed by atoms with van der Waals surface area (Å²) >= 11 is 1.25. The van der Waals surface area contributed by atoms with Gasteiger partial charge in [0.15, 0.2) is 27.8 Å². The Labute approximate surface area is 216 Å². The van der Waals surface area contributed by atoms with Crippen LogP contribution in [0.1, 0.15) is 37.9 Å². The van der Waals surface area contributed by atoms with Crippen molar-refractivity contribution in [1.82, 2.24) is 4.57 Å². The van der Waals surface area contributed by atoms with Crippen molar-refractivity contribution in [2.45, 2.75) is 26.8 Å². The molecule has 2 aliphatic rings. The lowest BCUT2D eigenvalue weighted by Gasteiger charge is -2.24. The SMILES string of the molecule is CCOC(=O)C1=C(C)N=c2s/c(=C\c3ccc(OC)c(OCC)c3)c(=O)n2[C@@H]1c1ccc2c(c1)OCO2. The third kappa shape index (κ3) is 4.48. The molecule has 2 aromatic carbocycles. The minimum absolute atomic E-state index is 0.118. The molecule has 10 heteroatoms. The summed E-state index contributed by atoms with van der Waals surface area (Å²) in [5, 5.41) is 0. The summed E-state index contributed by atoms with van der Waals surface area (Å²) in [6.45, 7) is 6.18. The fourth-order valence-corrected chi connectivity index (χ4v) is 5.44. The van der Waals surface area contributed by atoms with Gasteiger partial charge >= 0.3 is 5.97 Å². The summed E-state index contributed by atoms with van der Waals surface area (Å²) in [5.74, 6) is 1.85. The summed E-state index contributed by atoms with van der Waals surface area (Å²) in [4.78, 5) is 32.0. The van der Waals surface area contributed by atoms with E-state index in [9.17, 15) is 9.59 Å². The van der Waals surface area contributed by atoms with Crippen molar-refractivity contribution in [3.05, 3.63) is 78.5 Å². The number of nitrogens with zero attached hydrogens (tertiary/aromatic N) is 2.